The van der Waals surface area contributed by atoms with Gasteiger partial charge in [-0.2, -0.15) is 5.10 Å². The van der Waals surface area contributed by atoms with E-state index in [0.29, 0.717) is 16.9 Å². The number of hydrogen-bond acceptors (Lipinski definition) is 4. The Morgan fingerprint density at radius 3 is 2.80 bits per heavy atom. The number of nitrogens with zero attached hydrogens (tertiary/aromatic N) is 2. The highest BCUT2D eigenvalue weighted by Gasteiger charge is 2.12. The molecule has 0 spiro atoms. The predicted molar refractivity (Wildman–Crippen MR) is 90.7 cm³/mol. The summed E-state index contributed by atoms with van der Waals surface area (Å²) in [6.45, 7) is 0.0954. The molecular weight excluding hydrogens is 328 g/mol. The maximum Gasteiger partial charge on any atom is 0.330 e. The summed E-state index contributed by atoms with van der Waals surface area (Å²) in [7, 11) is 1.28. The van der Waals surface area contributed by atoms with Crippen molar-refractivity contribution >= 4 is 28.6 Å². The van der Waals surface area contributed by atoms with Crippen molar-refractivity contribution in [2.45, 2.75) is 6.54 Å². The molecule has 5 nitrogen and oxygen atoms in total. The monoisotopic (exact) mass is 343 g/mol. The van der Waals surface area contributed by atoms with Crippen LogP contribution in [0.5, 0.6) is 0 Å². The van der Waals surface area contributed by atoms with Gasteiger partial charge in [0.2, 0.25) is 0 Å². The number of benzene rings is 2. The van der Waals surface area contributed by atoms with Crippen molar-refractivity contribution in [3.8, 4) is 0 Å². The number of nitrogen functional groups attached to an aromatic ring is 1. The molecule has 0 aliphatic rings. The van der Waals surface area contributed by atoms with E-state index in [1.165, 1.54) is 31.4 Å². The second-order valence-corrected chi connectivity index (χ2v) is 5.41. The molecule has 1 heterocycles. The lowest BCUT2D eigenvalue weighted by Crippen LogP contribution is -2.04. The van der Waals surface area contributed by atoms with Gasteiger partial charge < -0.3 is 10.5 Å². The van der Waals surface area contributed by atoms with Gasteiger partial charge in [-0.05, 0) is 30.3 Å². The third-order valence-corrected chi connectivity index (χ3v) is 3.72. The molecule has 0 radical (unpaired) electrons. The van der Waals surface area contributed by atoms with E-state index in [1.54, 1.807) is 22.9 Å². The van der Waals surface area contributed by atoms with Crippen LogP contribution in [0, 0.1) is 11.6 Å². The molecule has 128 valence electrons. The van der Waals surface area contributed by atoms with Gasteiger partial charge in [-0.15, -0.1) is 0 Å². The molecule has 0 bridgehead atoms. The number of hydrogen-bond donors (Lipinski definition) is 1. The van der Waals surface area contributed by atoms with Crippen molar-refractivity contribution in [2.24, 2.45) is 0 Å². The molecule has 0 unspecified atom stereocenters. The Morgan fingerprint density at radius 2 is 2.08 bits per heavy atom. The third-order valence-electron chi connectivity index (χ3n) is 3.72. The zero-order valence-electron chi connectivity index (χ0n) is 13.4. The van der Waals surface area contributed by atoms with Crippen LogP contribution in [-0.4, -0.2) is 22.9 Å². The first-order chi connectivity index (χ1) is 12.0. The van der Waals surface area contributed by atoms with E-state index < -0.39 is 17.6 Å². The molecule has 0 aliphatic carbocycles. The van der Waals surface area contributed by atoms with Gasteiger partial charge in [0.25, 0.3) is 0 Å². The predicted octanol–water partition coefficient (Wildman–Crippen LogP) is 3.13. The van der Waals surface area contributed by atoms with Gasteiger partial charge in [-0.3, -0.25) is 4.68 Å². The van der Waals surface area contributed by atoms with E-state index in [2.05, 4.69) is 9.84 Å². The van der Waals surface area contributed by atoms with E-state index in [1.807, 2.05) is 0 Å². The summed E-state index contributed by atoms with van der Waals surface area (Å²) in [6, 6.07) is 8.58. The highest BCUT2D eigenvalue weighted by molar-refractivity contribution is 5.93. The quantitative estimate of drug-likeness (QED) is 0.449. The lowest BCUT2D eigenvalue weighted by atomic mass is 10.1. The van der Waals surface area contributed by atoms with Crippen LogP contribution in [0.3, 0.4) is 0 Å². The average molecular weight is 343 g/mol. The first-order valence-electron chi connectivity index (χ1n) is 7.44. The zero-order valence-corrected chi connectivity index (χ0v) is 13.4. The van der Waals surface area contributed by atoms with Crippen LogP contribution in [0.15, 0.2) is 42.5 Å². The summed E-state index contributed by atoms with van der Waals surface area (Å²) < 4.78 is 33.1. The van der Waals surface area contributed by atoms with Crippen molar-refractivity contribution in [2.75, 3.05) is 12.8 Å². The Morgan fingerprint density at radius 1 is 1.28 bits per heavy atom. The second-order valence-electron chi connectivity index (χ2n) is 5.41. The number of carbonyl (C=O) groups excluding carboxylic acids is 1. The van der Waals surface area contributed by atoms with Crippen LogP contribution in [0.25, 0.3) is 17.0 Å². The summed E-state index contributed by atoms with van der Waals surface area (Å²) in [5.74, 6) is -1.81. The number of fused-ring (bicyclic) bond motifs is 1. The Balaban J connectivity index is 2.06. The van der Waals surface area contributed by atoms with Gasteiger partial charge in [0.15, 0.2) is 0 Å². The van der Waals surface area contributed by atoms with Gasteiger partial charge in [0, 0.05) is 28.8 Å². The highest BCUT2D eigenvalue weighted by Crippen LogP contribution is 2.24. The first-order valence-corrected chi connectivity index (χ1v) is 7.44. The van der Waals surface area contributed by atoms with Crippen molar-refractivity contribution in [1.29, 1.82) is 0 Å². The van der Waals surface area contributed by atoms with Crippen LogP contribution >= 0.6 is 0 Å². The Bertz CT molecular complexity index is 980. The Kier molecular flexibility index (Phi) is 4.47. The zero-order chi connectivity index (χ0) is 18.0. The maximum absolute atomic E-state index is 13.9. The van der Waals surface area contributed by atoms with Gasteiger partial charge in [0.05, 0.1) is 24.9 Å². The Hall–Kier alpha value is -3.22. The molecule has 0 amide bonds. The number of methoxy groups -OCH3 is 1. The summed E-state index contributed by atoms with van der Waals surface area (Å²) in [4.78, 5) is 11.3. The number of anilines is 1. The van der Waals surface area contributed by atoms with Gasteiger partial charge in [-0.1, -0.05) is 6.07 Å². The smallest absolute Gasteiger partial charge is 0.330 e. The Labute approximate surface area is 142 Å². The average Bonchev–Trinajstić information content (AvgIpc) is 2.92. The molecular formula is C18H15F2N3O2. The minimum absolute atomic E-state index is 0.0954. The number of halogens is 2. The number of carbonyl (C=O) groups is 1. The van der Waals surface area contributed by atoms with E-state index >= 15 is 0 Å². The second kappa shape index (κ2) is 6.72. The molecule has 7 heteroatoms. The summed E-state index contributed by atoms with van der Waals surface area (Å²) >= 11 is 0. The number of esters is 1. The van der Waals surface area contributed by atoms with Crippen LogP contribution in [0.4, 0.5) is 14.5 Å². The van der Waals surface area contributed by atoms with Crippen molar-refractivity contribution < 1.29 is 18.3 Å². The minimum Gasteiger partial charge on any atom is -0.466 e. The molecule has 3 aromatic rings. The molecule has 0 fully saturated rings. The van der Waals surface area contributed by atoms with Crippen LogP contribution in [-0.2, 0) is 16.1 Å². The third kappa shape index (κ3) is 3.50. The van der Waals surface area contributed by atoms with E-state index in [9.17, 15) is 13.6 Å². The van der Waals surface area contributed by atoms with Crippen molar-refractivity contribution in [1.82, 2.24) is 9.78 Å². The lowest BCUT2D eigenvalue weighted by Gasteiger charge is -2.06. The fraction of sp³-hybridized carbons (Fsp3) is 0.111. The summed E-state index contributed by atoms with van der Waals surface area (Å²) in [5, 5.41) is 5.15. The van der Waals surface area contributed by atoms with Crippen LogP contribution in [0.2, 0.25) is 0 Å². The summed E-state index contributed by atoms with van der Waals surface area (Å²) in [6.07, 6.45) is 2.77. The molecule has 25 heavy (non-hydrogen) atoms. The lowest BCUT2D eigenvalue weighted by molar-refractivity contribution is -0.134. The van der Waals surface area contributed by atoms with E-state index in [4.69, 9.17) is 5.73 Å². The molecule has 1 aromatic heterocycles. The van der Waals surface area contributed by atoms with Gasteiger partial charge in [0.1, 0.15) is 11.6 Å². The van der Waals surface area contributed by atoms with Gasteiger partial charge >= 0.3 is 5.97 Å². The number of nitrogens with two attached hydrogens (primary N) is 1. The molecule has 3 rings (SSSR count). The first kappa shape index (κ1) is 16.6. The molecule has 2 aromatic carbocycles. The van der Waals surface area contributed by atoms with Crippen molar-refractivity contribution in [3.05, 3.63) is 65.4 Å². The SMILES string of the molecule is COC(=O)/C=C/c1nn(Cc2ccc(F)cc2F)c2cc(N)ccc12. The fourth-order valence-corrected chi connectivity index (χ4v) is 2.49. The van der Waals surface area contributed by atoms with E-state index in [-0.39, 0.29) is 12.1 Å². The van der Waals surface area contributed by atoms with E-state index in [0.717, 1.165) is 11.5 Å². The number of rotatable bonds is 4. The molecule has 0 saturated carbocycles. The van der Waals surface area contributed by atoms with Crippen LogP contribution in [0.1, 0.15) is 11.3 Å². The summed E-state index contributed by atoms with van der Waals surface area (Å²) in [5.41, 5.74) is 7.84. The number of ether oxygens (including phenoxy) is 1. The minimum atomic E-state index is -0.654. The number of aromatic nitrogens is 2. The molecule has 0 aliphatic heterocycles. The van der Waals surface area contributed by atoms with Crippen molar-refractivity contribution in [3.63, 3.8) is 0 Å². The molecule has 0 atom stereocenters. The normalized spacial score (nSPS) is 11.3. The molecule has 2 N–H and O–H groups in total. The largest absolute Gasteiger partial charge is 0.466 e. The topological polar surface area (TPSA) is 70.1 Å². The standard InChI is InChI=1S/C18H15F2N3O2/c1-25-18(24)7-6-16-14-5-4-13(21)9-17(14)23(22-16)10-11-2-3-12(19)8-15(11)20/h2-9H,10,21H2,1H3/b7-6+. The fourth-order valence-electron chi connectivity index (χ4n) is 2.49. The maximum atomic E-state index is 13.9. The van der Waals surface area contributed by atoms with Gasteiger partial charge in [-0.25, -0.2) is 13.6 Å². The molecule has 0 saturated heterocycles. The highest BCUT2D eigenvalue weighted by atomic mass is 19.1. The van der Waals surface area contributed by atoms with Crippen LogP contribution < -0.4 is 5.73 Å².